The van der Waals surface area contributed by atoms with Crippen LogP contribution in [0.1, 0.15) is 25.3 Å². The molecule has 2 N–H and O–H groups in total. The highest BCUT2D eigenvalue weighted by Crippen LogP contribution is 2.28. The molecule has 3 amide bonds. The van der Waals surface area contributed by atoms with Gasteiger partial charge in [0.05, 0.1) is 6.54 Å². The standard InChI is InChI=1S/C18H23N3O3/c1-2-19-18(23)20-15-7-8-16-14(11-15)12-21(9-10-24-16)17(22)13-5-3-4-6-13/h3-4,7-8,11,13H,2,5-6,9-10,12H2,1H3,(H2,19,20,23). The van der Waals surface area contributed by atoms with Crippen LogP contribution in [0.25, 0.3) is 0 Å². The lowest BCUT2D eigenvalue weighted by atomic mass is 10.0. The molecule has 0 radical (unpaired) electrons. The van der Waals surface area contributed by atoms with E-state index < -0.39 is 0 Å². The molecular formula is C18H23N3O3. The molecule has 3 rings (SSSR count). The summed E-state index contributed by atoms with van der Waals surface area (Å²) < 4.78 is 5.76. The SMILES string of the molecule is CCNC(=O)Nc1ccc2c(c1)CN(C(=O)C1CC=CC1)CCO2. The molecule has 0 spiro atoms. The van der Waals surface area contributed by atoms with Crippen LogP contribution in [0.2, 0.25) is 0 Å². The molecule has 0 unspecified atom stereocenters. The number of hydrogen-bond acceptors (Lipinski definition) is 3. The monoisotopic (exact) mass is 329 g/mol. The van der Waals surface area contributed by atoms with Crippen molar-refractivity contribution in [2.45, 2.75) is 26.3 Å². The van der Waals surface area contributed by atoms with Crippen LogP contribution in [-0.4, -0.2) is 36.5 Å². The van der Waals surface area contributed by atoms with Crippen LogP contribution in [0, 0.1) is 5.92 Å². The van der Waals surface area contributed by atoms with Crippen molar-refractivity contribution in [3.63, 3.8) is 0 Å². The van der Waals surface area contributed by atoms with Gasteiger partial charge in [-0.05, 0) is 38.0 Å². The minimum Gasteiger partial charge on any atom is -0.491 e. The molecule has 1 aromatic carbocycles. The average Bonchev–Trinajstić information content (AvgIpc) is 3.01. The number of carbonyl (C=O) groups excluding carboxylic acids is 2. The predicted octanol–water partition coefficient (Wildman–Crippen LogP) is 2.52. The van der Waals surface area contributed by atoms with Gasteiger partial charge in [0, 0.05) is 30.3 Å². The van der Waals surface area contributed by atoms with Crippen molar-refractivity contribution >= 4 is 17.6 Å². The maximum absolute atomic E-state index is 12.7. The summed E-state index contributed by atoms with van der Waals surface area (Å²) in [6.07, 6.45) is 5.78. The van der Waals surface area contributed by atoms with Crippen molar-refractivity contribution in [1.82, 2.24) is 10.2 Å². The number of benzene rings is 1. The number of amides is 3. The lowest BCUT2D eigenvalue weighted by molar-refractivity contribution is -0.135. The molecule has 1 aliphatic carbocycles. The second kappa shape index (κ2) is 7.38. The summed E-state index contributed by atoms with van der Waals surface area (Å²) in [5.74, 6) is 1.01. The number of urea groups is 1. The van der Waals surface area contributed by atoms with E-state index in [4.69, 9.17) is 4.74 Å². The van der Waals surface area contributed by atoms with Crippen LogP contribution in [0.5, 0.6) is 5.75 Å². The van der Waals surface area contributed by atoms with Crippen LogP contribution in [0.4, 0.5) is 10.5 Å². The van der Waals surface area contributed by atoms with Gasteiger partial charge in [-0.15, -0.1) is 0 Å². The zero-order chi connectivity index (χ0) is 16.9. The van der Waals surface area contributed by atoms with Gasteiger partial charge in [-0.25, -0.2) is 4.79 Å². The minimum absolute atomic E-state index is 0.0585. The topological polar surface area (TPSA) is 70.7 Å². The molecule has 0 saturated carbocycles. The summed E-state index contributed by atoms with van der Waals surface area (Å²) in [4.78, 5) is 26.2. The Morgan fingerprint density at radius 1 is 1.29 bits per heavy atom. The van der Waals surface area contributed by atoms with E-state index in [9.17, 15) is 9.59 Å². The van der Waals surface area contributed by atoms with Crippen molar-refractivity contribution in [1.29, 1.82) is 0 Å². The summed E-state index contributed by atoms with van der Waals surface area (Å²) >= 11 is 0. The number of rotatable bonds is 3. The van der Waals surface area contributed by atoms with Crippen LogP contribution in [0.3, 0.4) is 0 Å². The van der Waals surface area contributed by atoms with E-state index >= 15 is 0 Å². The van der Waals surface area contributed by atoms with E-state index in [1.807, 2.05) is 30.0 Å². The summed E-state index contributed by atoms with van der Waals surface area (Å²) in [6.45, 7) is 4.02. The number of nitrogens with zero attached hydrogens (tertiary/aromatic N) is 1. The third-order valence-corrected chi connectivity index (χ3v) is 4.30. The van der Waals surface area contributed by atoms with Crippen molar-refractivity contribution < 1.29 is 14.3 Å². The van der Waals surface area contributed by atoms with Gasteiger partial charge >= 0.3 is 6.03 Å². The number of fused-ring (bicyclic) bond motifs is 1. The second-order valence-corrected chi connectivity index (χ2v) is 6.05. The van der Waals surface area contributed by atoms with Gasteiger partial charge in [-0.3, -0.25) is 4.79 Å². The molecule has 0 aromatic heterocycles. The molecule has 1 aromatic rings. The van der Waals surface area contributed by atoms with Gasteiger partial charge in [0.2, 0.25) is 5.91 Å². The first-order chi connectivity index (χ1) is 11.7. The number of anilines is 1. The molecule has 6 nitrogen and oxygen atoms in total. The normalized spacial score (nSPS) is 17.0. The molecule has 1 heterocycles. The van der Waals surface area contributed by atoms with Crippen LogP contribution in [-0.2, 0) is 11.3 Å². The van der Waals surface area contributed by atoms with E-state index in [0.29, 0.717) is 31.9 Å². The third-order valence-electron chi connectivity index (χ3n) is 4.30. The van der Waals surface area contributed by atoms with Crippen molar-refractivity contribution in [3.8, 4) is 5.75 Å². The van der Waals surface area contributed by atoms with Gasteiger partial charge in [0.1, 0.15) is 12.4 Å². The highest BCUT2D eigenvalue weighted by atomic mass is 16.5. The minimum atomic E-state index is -0.239. The molecule has 2 aliphatic rings. The Morgan fingerprint density at radius 2 is 2.08 bits per heavy atom. The fourth-order valence-corrected chi connectivity index (χ4v) is 3.07. The molecule has 6 heteroatoms. The molecule has 1 aliphatic heterocycles. The van der Waals surface area contributed by atoms with Crippen molar-refractivity contribution in [3.05, 3.63) is 35.9 Å². The largest absolute Gasteiger partial charge is 0.491 e. The van der Waals surface area contributed by atoms with E-state index in [2.05, 4.69) is 22.8 Å². The quantitative estimate of drug-likeness (QED) is 0.837. The van der Waals surface area contributed by atoms with E-state index in [0.717, 1.165) is 24.2 Å². The molecule has 24 heavy (non-hydrogen) atoms. The molecule has 128 valence electrons. The number of nitrogens with one attached hydrogen (secondary N) is 2. The van der Waals surface area contributed by atoms with Gasteiger partial charge in [0.25, 0.3) is 0 Å². The zero-order valence-corrected chi connectivity index (χ0v) is 13.9. The molecule has 0 fully saturated rings. The van der Waals surface area contributed by atoms with Gasteiger partial charge in [-0.2, -0.15) is 0 Å². The summed E-state index contributed by atoms with van der Waals surface area (Å²) in [5.41, 5.74) is 1.61. The zero-order valence-electron chi connectivity index (χ0n) is 13.9. The van der Waals surface area contributed by atoms with Crippen LogP contribution >= 0.6 is 0 Å². The Kier molecular flexibility index (Phi) is 5.03. The predicted molar refractivity (Wildman–Crippen MR) is 91.9 cm³/mol. The van der Waals surface area contributed by atoms with E-state index in [1.165, 1.54) is 0 Å². The summed E-state index contributed by atoms with van der Waals surface area (Å²) in [6, 6.07) is 5.30. The number of hydrogen-bond donors (Lipinski definition) is 2. The van der Waals surface area contributed by atoms with Crippen LogP contribution < -0.4 is 15.4 Å². The highest BCUT2D eigenvalue weighted by molar-refractivity contribution is 5.89. The Balaban J connectivity index is 1.73. The van der Waals surface area contributed by atoms with Gasteiger partial charge in [-0.1, -0.05) is 12.2 Å². The number of carbonyl (C=O) groups is 2. The maximum Gasteiger partial charge on any atom is 0.319 e. The molecule has 0 bridgehead atoms. The average molecular weight is 329 g/mol. The van der Waals surface area contributed by atoms with Crippen LogP contribution in [0.15, 0.2) is 30.4 Å². The van der Waals surface area contributed by atoms with Crippen molar-refractivity contribution in [2.75, 3.05) is 25.0 Å². The number of allylic oxidation sites excluding steroid dienone is 2. The molecule has 0 saturated heterocycles. The summed E-state index contributed by atoms with van der Waals surface area (Å²) in [5, 5.41) is 5.49. The Morgan fingerprint density at radius 3 is 2.83 bits per heavy atom. The summed E-state index contributed by atoms with van der Waals surface area (Å²) in [7, 11) is 0. The number of ether oxygens (including phenoxy) is 1. The third kappa shape index (κ3) is 3.69. The van der Waals surface area contributed by atoms with Gasteiger partial charge in [0.15, 0.2) is 0 Å². The lowest BCUT2D eigenvalue weighted by Crippen LogP contribution is -2.36. The maximum atomic E-state index is 12.7. The second-order valence-electron chi connectivity index (χ2n) is 6.05. The Hall–Kier alpha value is -2.50. The Labute approximate surface area is 141 Å². The highest BCUT2D eigenvalue weighted by Gasteiger charge is 2.27. The van der Waals surface area contributed by atoms with E-state index in [1.54, 1.807) is 0 Å². The first kappa shape index (κ1) is 16.4. The fourth-order valence-electron chi connectivity index (χ4n) is 3.07. The fraction of sp³-hybridized carbons (Fsp3) is 0.444. The molecular weight excluding hydrogens is 306 g/mol. The van der Waals surface area contributed by atoms with Gasteiger partial charge < -0.3 is 20.3 Å². The first-order valence-electron chi connectivity index (χ1n) is 8.41. The first-order valence-corrected chi connectivity index (χ1v) is 8.41. The smallest absolute Gasteiger partial charge is 0.319 e. The Bertz CT molecular complexity index is 649. The van der Waals surface area contributed by atoms with E-state index in [-0.39, 0.29) is 17.9 Å². The van der Waals surface area contributed by atoms with Crippen molar-refractivity contribution in [2.24, 2.45) is 5.92 Å². The lowest BCUT2D eigenvalue weighted by Gasteiger charge is -2.23. The molecule has 0 atom stereocenters.